The van der Waals surface area contributed by atoms with Gasteiger partial charge in [0.1, 0.15) is 11.5 Å². The predicted molar refractivity (Wildman–Crippen MR) is 118 cm³/mol. The Kier molecular flexibility index (Phi) is 8.53. The van der Waals surface area contributed by atoms with Crippen LogP contribution in [0.4, 0.5) is 0 Å². The monoisotopic (exact) mass is 419 g/mol. The first-order chi connectivity index (χ1) is 13.8. The van der Waals surface area contributed by atoms with E-state index in [1.165, 1.54) is 0 Å². The van der Waals surface area contributed by atoms with Crippen LogP contribution in [0.25, 0.3) is 0 Å². The normalized spacial score (nSPS) is 13.9. The molecule has 0 aliphatic heterocycles. The summed E-state index contributed by atoms with van der Waals surface area (Å²) in [5.74, 6) is 1.60. The van der Waals surface area contributed by atoms with Crippen LogP contribution in [0.1, 0.15) is 44.7 Å². The van der Waals surface area contributed by atoms with Gasteiger partial charge in [0.15, 0.2) is 0 Å². The summed E-state index contributed by atoms with van der Waals surface area (Å²) in [6.45, 7) is 6.66. The van der Waals surface area contributed by atoms with Gasteiger partial charge in [0.2, 0.25) is 10.0 Å². The molecule has 0 aliphatic carbocycles. The van der Waals surface area contributed by atoms with Crippen molar-refractivity contribution in [2.75, 3.05) is 14.2 Å². The van der Waals surface area contributed by atoms with E-state index in [1.807, 2.05) is 69.3 Å². The highest BCUT2D eigenvalue weighted by Gasteiger charge is 2.34. The summed E-state index contributed by atoms with van der Waals surface area (Å²) >= 11 is 0. The van der Waals surface area contributed by atoms with Gasteiger partial charge in [0.25, 0.3) is 0 Å². The number of nitrogens with zero attached hydrogens (tertiary/aromatic N) is 1. The molecule has 5 nitrogen and oxygen atoms in total. The van der Waals surface area contributed by atoms with Gasteiger partial charge in [-0.25, -0.2) is 8.42 Å². The highest BCUT2D eigenvalue weighted by molar-refractivity contribution is 7.89. The number of benzene rings is 2. The molecule has 2 aromatic rings. The summed E-state index contributed by atoms with van der Waals surface area (Å²) in [6, 6.07) is 15.1. The number of ether oxygens (including phenoxy) is 2. The minimum Gasteiger partial charge on any atom is -0.497 e. The van der Waals surface area contributed by atoms with Gasteiger partial charge in [-0.1, -0.05) is 51.5 Å². The molecule has 2 aromatic carbocycles. The van der Waals surface area contributed by atoms with E-state index in [2.05, 4.69) is 0 Å². The molecule has 0 heterocycles. The average molecular weight is 420 g/mol. The first-order valence-corrected chi connectivity index (χ1v) is 11.6. The number of hydrogen-bond donors (Lipinski definition) is 0. The van der Waals surface area contributed by atoms with Crippen LogP contribution in [0.15, 0.2) is 48.5 Å². The maximum atomic E-state index is 13.6. The second-order valence-electron chi connectivity index (χ2n) is 7.34. The highest BCUT2D eigenvalue weighted by atomic mass is 32.2. The molecule has 0 amide bonds. The Balaban J connectivity index is 2.36. The van der Waals surface area contributed by atoms with E-state index in [9.17, 15) is 8.42 Å². The van der Waals surface area contributed by atoms with Gasteiger partial charge in [-0.05, 0) is 47.7 Å². The van der Waals surface area contributed by atoms with Crippen LogP contribution in [0.2, 0.25) is 0 Å². The zero-order valence-electron chi connectivity index (χ0n) is 18.1. The quantitative estimate of drug-likeness (QED) is 0.522. The van der Waals surface area contributed by atoms with Crippen molar-refractivity contribution < 1.29 is 17.9 Å². The van der Waals surface area contributed by atoms with Crippen molar-refractivity contribution in [3.63, 3.8) is 0 Å². The van der Waals surface area contributed by atoms with Crippen molar-refractivity contribution in [1.82, 2.24) is 4.31 Å². The molecule has 0 N–H and O–H groups in total. The summed E-state index contributed by atoms with van der Waals surface area (Å²) in [5.41, 5.74) is 1.86. The molecule has 0 fully saturated rings. The van der Waals surface area contributed by atoms with Crippen molar-refractivity contribution in [1.29, 1.82) is 0 Å². The first-order valence-electron chi connectivity index (χ1n) is 10.1. The number of methoxy groups -OCH3 is 2. The topological polar surface area (TPSA) is 55.8 Å². The molecule has 0 bridgehead atoms. The molecule has 0 saturated carbocycles. The van der Waals surface area contributed by atoms with Gasteiger partial charge in [-0.3, -0.25) is 0 Å². The fraction of sp³-hybridized carbons (Fsp3) is 0.478. The van der Waals surface area contributed by atoms with Crippen LogP contribution < -0.4 is 9.47 Å². The summed E-state index contributed by atoms with van der Waals surface area (Å²) in [7, 11) is -0.245. The van der Waals surface area contributed by atoms with Crippen LogP contribution >= 0.6 is 0 Å². The molecule has 0 unspecified atom stereocenters. The third-order valence-electron chi connectivity index (χ3n) is 5.46. The fourth-order valence-electron chi connectivity index (χ4n) is 3.47. The van der Waals surface area contributed by atoms with Crippen molar-refractivity contribution in [2.24, 2.45) is 5.92 Å². The SMILES string of the molecule is CC[C@H]([C@@H](C)CC)S(=O)(=O)N(Cc1ccc(OC)cc1)Cc1ccc(OC)cc1. The van der Waals surface area contributed by atoms with Gasteiger partial charge in [0.05, 0.1) is 19.5 Å². The molecule has 160 valence electrons. The van der Waals surface area contributed by atoms with Crippen LogP contribution in [0, 0.1) is 5.92 Å². The maximum Gasteiger partial charge on any atom is 0.217 e. The molecule has 0 aromatic heterocycles. The van der Waals surface area contributed by atoms with Crippen molar-refractivity contribution in [3.8, 4) is 11.5 Å². The molecular weight excluding hydrogens is 386 g/mol. The lowest BCUT2D eigenvalue weighted by Gasteiger charge is -2.30. The van der Waals surface area contributed by atoms with Crippen LogP contribution in [0.5, 0.6) is 11.5 Å². The third kappa shape index (κ3) is 5.97. The van der Waals surface area contributed by atoms with Gasteiger partial charge >= 0.3 is 0 Å². The van der Waals surface area contributed by atoms with Gasteiger partial charge in [-0.2, -0.15) is 4.31 Å². The maximum absolute atomic E-state index is 13.6. The largest absolute Gasteiger partial charge is 0.497 e. The van der Waals surface area contributed by atoms with E-state index in [4.69, 9.17) is 9.47 Å². The van der Waals surface area contributed by atoms with E-state index in [1.54, 1.807) is 18.5 Å². The van der Waals surface area contributed by atoms with Crippen LogP contribution in [-0.4, -0.2) is 32.2 Å². The van der Waals surface area contributed by atoms with E-state index >= 15 is 0 Å². The average Bonchev–Trinajstić information content (AvgIpc) is 2.74. The van der Waals surface area contributed by atoms with Crippen LogP contribution in [0.3, 0.4) is 0 Å². The van der Waals surface area contributed by atoms with Crippen molar-refractivity contribution in [2.45, 2.75) is 52.0 Å². The molecule has 0 saturated heterocycles. The Morgan fingerprint density at radius 1 is 0.793 bits per heavy atom. The molecule has 2 rings (SSSR count). The summed E-state index contributed by atoms with van der Waals surface area (Å²) in [5, 5.41) is -0.399. The summed E-state index contributed by atoms with van der Waals surface area (Å²) in [6.07, 6.45) is 1.43. The number of sulfonamides is 1. The number of rotatable bonds is 11. The standard InChI is InChI=1S/C23H33NO4S/c1-6-18(3)23(7-2)29(25,26)24(16-19-8-12-21(27-4)13-9-19)17-20-10-14-22(28-5)15-11-20/h8-15,18,23H,6-7,16-17H2,1-5H3/t18-,23+/m0/s1. The smallest absolute Gasteiger partial charge is 0.217 e. The lowest BCUT2D eigenvalue weighted by molar-refractivity contribution is 0.373. The van der Waals surface area contributed by atoms with E-state index in [0.717, 1.165) is 29.0 Å². The minimum absolute atomic E-state index is 0.0965. The van der Waals surface area contributed by atoms with Crippen molar-refractivity contribution >= 4 is 10.0 Å². The molecule has 0 aliphatic rings. The molecule has 29 heavy (non-hydrogen) atoms. The first kappa shape index (κ1) is 23.2. The lowest BCUT2D eigenvalue weighted by atomic mass is 10.0. The zero-order chi connectivity index (χ0) is 21.4. The van der Waals surface area contributed by atoms with E-state index in [-0.39, 0.29) is 5.92 Å². The second kappa shape index (κ2) is 10.6. The van der Waals surface area contributed by atoms with Crippen molar-refractivity contribution in [3.05, 3.63) is 59.7 Å². The molecule has 2 atom stereocenters. The Labute approximate surface area is 175 Å². The number of hydrogen-bond acceptors (Lipinski definition) is 4. The van der Waals surface area contributed by atoms with Gasteiger partial charge in [-0.15, -0.1) is 0 Å². The highest BCUT2D eigenvalue weighted by Crippen LogP contribution is 2.26. The van der Waals surface area contributed by atoms with Crippen LogP contribution in [-0.2, 0) is 23.1 Å². The minimum atomic E-state index is -3.48. The zero-order valence-corrected chi connectivity index (χ0v) is 18.9. The molecule has 0 spiro atoms. The second-order valence-corrected chi connectivity index (χ2v) is 9.49. The van der Waals surface area contributed by atoms with Gasteiger partial charge in [0, 0.05) is 13.1 Å². The molecule has 0 radical (unpaired) electrons. The Morgan fingerprint density at radius 3 is 1.52 bits per heavy atom. The summed E-state index contributed by atoms with van der Waals surface area (Å²) in [4.78, 5) is 0. The Bertz CT molecular complexity index is 798. The van der Waals surface area contributed by atoms with Gasteiger partial charge < -0.3 is 9.47 Å². The molecular formula is C23H33NO4S. The fourth-order valence-corrected chi connectivity index (χ4v) is 5.71. The van der Waals surface area contributed by atoms with E-state index < -0.39 is 15.3 Å². The third-order valence-corrected chi connectivity index (χ3v) is 8.00. The lowest BCUT2D eigenvalue weighted by Crippen LogP contribution is -2.40. The van der Waals surface area contributed by atoms with E-state index in [0.29, 0.717) is 19.5 Å². The summed E-state index contributed by atoms with van der Waals surface area (Å²) < 4.78 is 39.2. The predicted octanol–water partition coefficient (Wildman–Crippen LogP) is 4.86. The molecule has 6 heteroatoms. The Hall–Kier alpha value is -2.05. The Morgan fingerprint density at radius 2 is 1.21 bits per heavy atom.